The van der Waals surface area contributed by atoms with Gasteiger partial charge in [0.05, 0.1) is 6.42 Å². The Balaban J connectivity index is 3.46. The molecule has 0 rings (SSSR count). The van der Waals surface area contributed by atoms with Crippen LogP contribution in [0.4, 0.5) is 0 Å². The van der Waals surface area contributed by atoms with Crippen LogP contribution in [0.1, 0.15) is 19.8 Å². The number of nitrogens with one attached hydrogen (secondary N) is 1. The minimum atomic E-state index is -0.937. The molecular formula is C8H15NO3S. The quantitative estimate of drug-likeness (QED) is 0.670. The summed E-state index contributed by atoms with van der Waals surface area (Å²) in [7, 11) is 0. The summed E-state index contributed by atoms with van der Waals surface area (Å²) in [4.78, 5) is 21.1. The first-order valence-corrected chi connectivity index (χ1v) is 5.36. The van der Waals surface area contributed by atoms with Gasteiger partial charge in [0, 0.05) is 18.2 Å². The minimum absolute atomic E-state index is 0.0659. The summed E-state index contributed by atoms with van der Waals surface area (Å²) >= 11 is 1.66. The van der Waals surface area contributed by atoms with Gasteiger partial charge in [-0.3, -0.25) is 9.59 Å². The van der Waals surface area contributed by atoms with Gasteiger partial charge in [-0.1, -0.05) is 6.92 Å². The van der Waals surface area contributed by atoms with Crippen LogP contribution in [0.5, 0.6) is 0 Å². The second-order valence-electron chi connectivity index (χ2n) is 2.74. The minimum Gasteiger partial charge on any atom is -0.481 e. The van der Waals surface area contributed by atoms with E-state index >= 15 is 0 Å². The highest BCUT2D eigenvalue weighted by Crippen LogP contribution is 2.02. The van der Waals surface area contributed by atoms with Gasteiger partial charge in [0.2, 0.25) is 5.91 Å². The predicted octanol–water partition coefficient (Wildman–Crippen LogP) is 0.719. The molecule has 1 amide bonds. The number of carbonyl (C=O) groups is 2. The molecule has 1 atom stereocenters. The van der Waals surface area contributed by atoms with Gasteiger partial charge >= 0.3 is 5.97 Å². The lowest BCUT2D eigenvalue weighted by molar-refractivity contribution is -0.138. The van der Waals surface area contributed by atoms with Crippen molar-refractivity contribution in [3.8, 4) is 0 Å². The molecule has 0 aromatic rings. The van der Waals surface area contributed by atoms with Crippen LogP contribution in [0, 0.1) is 0 Å². The molecule has 13 heavy (non-hydrogen) atoms. The van der Waals surface area contributed by atoms with E-state index in [1.54, 1.807) is 11.8 Å². The maximum Gasteiger partial charge on any atom is 0.303 e. The summed E-state index contributed by atoms with van der Waals surface area (Å²) < 4.78 is 0. The van der Waals surface area contributed by atoms with Gasteiger partial charge in [-0.2, -0.15) is 11.8 Å². The maximum atomic E-state index is 11.0. The van der Waals surface area contributed by atoms with Crippen LogP contribution in [-0.2, 0) is 9.59 Å². The number of carbonyl (C=O) groups excluding carboxylic acids is 1. The lowest BCUT2D eigenvalue weighted by Gasteiger charge is -2.08. The van der Waals surface area contributed by atoms with Gasteiger partial charge < -0.3 is 10.4 Å². The lowest BCUT2D eigenvalue weighted by atomic mass is 10.3. The molecule has 0 heterocycles. The standard InChI is InChI=1S/C8H15NO3S/c1-6(13-2)5-9-7(10)3-4-8(11)12/h6H,3-5H2,1-2H3,(H,9,10)(H,11,12). The molecule has 0 fully saturated rings. The molecule has 0 spiro atoms. The molecule has 0 saturated carbocycles. The molecule has 0 saturated heterocycles. The molecule has 0 aromatic heterocycles. The summed E-state index contributed by atoms with van der Waals surface area (Å²) in [5.41, 5.74) is 0. The zero-order chi connectivity index (χ0) is 10.3. The van der Waals surface area contributed by atoms with Crippen molar-refractivity contribution < 1.29 is 14.7 Å². The second kappa shape index (κ2) is 6.77. The van der Waals surface area contributed by atoms with Gasteiger partial charge in [-0.15, -0.1) is 0 Å². The van der Waals surface area contributed by atoms with E-state index in [-0.39, 0.29) is 18.7 Å². The van der Waals surface area contributed by atoms with E-state index in [2.05, 4.69) is 5.32 Å². The number of amides is 1. The van der Waals surface area contributed by atoms with Crippen LogP contribution in [0.2, 0.25) is 0 Å². The number of rotatable bonds is 6. The molecule has 76 valence electrons. The van der Waals surface area contributed by atoms with Crippen LogP contribution < -0.4 is 5.32 Å². The summed E-state index contributed by atoms with van der Waals surface area (Å²) in [6.07, 6.45) is 1.93. The first kappa shape index (κ1) is 12.3. The molecule has 5 heteroatoms. The number of thioether (sulfide) groups is 1. The van der Waals surface area contributed by atoms with E-state index in [0.717, 1.165) is 0 Å². The van der Waals surface area contributed by atoms with E-state index in [4.69, 9.17) is 5.11 Å². The van der Waals surface area contributed by atoms with E-state index in [1.165, 1.54) is 0 Å². The smallest absolute Gasteiger partial charge is 0.303 e. The van der Waals surface area contributed by atoms with Crippen LogP contribution in [0.25, 0.3) is 0 Å². The van der Waals surface area contributed by atoms with Crippen LogP contribution in [0.15, 0.2) is 0 Å². The largest absolute Gasteiger partial charge is 0.481 e. The van der Waals surface area contributed by atoms with E-state index in [9.17, 15) is 9.59 Å². The van der Waals surface area contributed by atoms with Crippen molar-refractivity contribution in [2.45, 2.75) is 25.0 Å². The summed E-state index contributed by atoms with van der Waals surface area (Å²) in [6.45, 7) is 2.60. The number of hydrogen-bond donors (Lipinski definition) is 2. The molecule has 0 aromatic carbocycles. The van der Waals surface area contributed by atoms with Crippen molar-refractivity contribution >= 4 is 23.6 Å². The van der Waals surface area contributed by atoms with Crippen molar-refractivity contribution in [2.75, 3.05) is 12.8 Å². The van der Waals surface area contributed by atoms with E-state index in [1.807, 2.05) is 13.2 Å². The van der Waals surface area contributed by atoms with Gasteiger partial charge in [-0.05, 0) is 6.26 Å². The molecule has 0 aliphatic carbocycles. The third kappa shape index (κ3) is 7.64. The third-order valence-corrected chi connectivity index (χ3v) is 2.53. The maximum absolute atomic E-state index is 11.0. The fourth-order valence-corrected chi connectivity index (χ4v) is 0.900. The molecule has 0 aliphatic heterocycles. The Kier molecular flexibility index (Phi) is 6.40. The Labute approximate surface area is 82.1 Å². The van der Waals surface area contributed by atoms with Crippen molar-refractivity contribution in [2.24, 2.45) is 0 Å². The molecular weight excluding hydrogens is 190 g/mol. The van der Waals surface area contributed by atoms with Gasteiger partial charge in [0.1, 0.15) is 0 Å². The van der Waals surface area contributed by atoms with Crippen molar-refractivity contribution in [1.29, 1.82) is 0 Å². The molecule has 2 N–H and O–H groups in total. The summed E-state index contributed by atoms with van der Waals surface area (Å²) in [5.74, 6) is -1.13. The zero-order valence-electron chi connectivity index (χ0n) is 7.87. The lowest BCUT2D eigenvalue weighted by Crippen LogP contribution is -2.29. The van der Waals surface area contributed by atoms with Gasteiger partial charge in [-0.25, -0.2) is 0 Å². The number of carboxylic acid groups (broad SMARTS) is 1. The van der Waals surface area contributed by atoms with Gasteiger partial charge in [0.25, 0.3) is 0 Å². The Morgan fingerprint density at radius 1 is 1.46 bits per heavy atom. The summed E-state index contributed by atoms with van der Waals surface area (Å²) in [5, 5.41) is 11.3. The molecule has 0 radical (unpaired) electrons. The Morgan fingerprint density at radius 3 is 2.54 bits per heavy atom. The second-order valence-corrected chi connectivity index (χ2v) is 4.02. The first-order chi connectivity index (χ1) is 6.06. The SMILES string of the molecule is CSC(C)CNC(=O)CCC(=O)O. The average molecular weight is 205 g/mol. The fraction of sp³-hybridized carbons (Fsp3) is 0.750. The first-order valence-electron chi connectivity index (χ1n) is 4.07. The number of carboxylic acids is 1. The Morgan fingerprint density at radius 2 is 2.08 bits per heavy atom. The van der Waals surface area contributed by atoms with Crippen LogP contribution in [-0.4, -0.2) is 35.0 Å². The number of aliphatic carboxylic acids is 1. The van der Waals surface area contributed by atoms with Gasteiger partial charge in [0.15, 0.2) is 0 Å². The Hall–Kier alpha value is -0.710. The van der Waals surface area contributed by atoms with Crippen molar-refractivity contribution in [3.63, 3.8) is 0 Å². The summed E-state index contributed by atoms with van der Waals surface area (Å²) in [6, 6.07) is 0. The molecule has 1 unspecified atom stereocenters. The topological polar surface area (TPSA) is 66.4 Å². The normalized spacial score (nSPS) is 12.2. The monoisotopic (exact) mass is 205 g/mol. The molecule has 0 aliphatic rings. The fourth-order valence-electron chi connectivity index (χ4n) is 0.650. The highest BCUT2D eigenvalue weighted by molar-refractivity contribution is 7.99. The van der Waals surface area contributed by atoms with E-state index < -0.39 is 5.97 Å². The molecule has 4 nitrogen and oxygen atoms in total. The predicted molar refractivity (Wildman–Crippen MR) is 52.9 cm³/mol. The highest BCUT2D eigenvalue weighted by Gasteiger charge is 2.06. The van der Waals surface area contributed by atoms with Crippen molar-refractivity contribution in [3.05, 3.63) is 0 Å². The van der Waals surface area contributed by atoms with Crippen molar-refractivity contribution in [1.82, 2.24) is 5.32 Å². The number of hydrogen-bond acceptors (Lipinski definition) is 3. The Bertz CT molecular complexity index is 184. The zero-order valence-corrected chi connectivity index (χ0v) is 8.69. The third-order valence-electron chi connectivity index (χ3n) is 1.55. The molecule has 0 bridgehead atoms. The van der Waals surface area contributed by atoms with Crippen LogP contribution in [0.3, 0.4) is 0 Å². The van der Waals surface area contributed by atoms with Crippen LogP contribution >= 0.6 is 11.8 Å². The highest BCUT2D eigenvalue weighted by atomic mass is 32.2. The average Bonchev–Trinajstić information content (AvgIpc) is 2.10. The van der Waals surface area contributed by atoms with E-state index in [0.29, 0.717) is 11.8 Å².